The molecule has 0 spiro atoms. The Bertz CT molecular complexity index is 499. The Labute approximate surface area is 136 Å². The summed E-state index contributed by atoms with van der Waals surface area (Å²) in [5.74, 6) is -0.0789. The fourth-order valence-corrected chi connectivity index (χ4v) is 2.63. The third-order valence-corrected chi connectivity index (χ3v) is 4.14. The summed E-state index contributed by atoms with van der Waals surface area (Å²) in [4.78, 5) is 19.9. The summed E-state index contributed by atoms with van der Waals surface area (Å²) in [6, 6.07) is 3.38. The van der Waals surface area contributed by atoms with Crippen LogP contribution in [0.1, 0.15) is 12.0 Å². The zero-order chi connectivity index (χ0) is 16.8. The molecule has 128 valence electrons. The van der Waals surface area contributed by atoms with E-state index in [1.807, 2.05) is 30.3 Å². The molecule has 1 fully saturated rings. The van der Waals surface area contributed by atoms with Gasteiger partial charge in [-0.2, -0.15) is 0 Å². The van der Waals surface area contributed by atoms with Crippen LogP contribution in [0.15, 0.2) is 24.5 Å². The first-order valence-corrected chi connectivity index (χ1v) is 7.76. The molecule has 1 amide bonds. The molecule has 0 bridgehead atoms. The highest BCUT2D eigenvalue weighted by Gasteiger charge is 2.35. The number of aromatic nitrogens is 1. The Morgan fingerprint density at radius 3 is 2.87 bits per heavy atom. The van der Waals surface area contributed by atoms with Crippen molar-refractivity contribution in [1.29, 1.82) is 0 Å². The quantitative estimate of drug-likeness (QED) is 0.733. The average Bonchev–Trinajstić information content (AvgIpc) is 2.55. The van der Waals surface area contributed by atoms with E-state index in [0.717, 1.165) is 12.1 Å². The normalized spacial score (nSPS) is 24.7. The third-order valence-electron chi connectivity index (χ3n) is 4.14. The molecule has 0 aromatic carbocycles. The van der Waals surface area contributed by atoms with Crippen LogP contribution in [0.4, 0.5) is 0 Å². The van der Waals surface area contributed by atoms with E-state index in [1.54, 1.807) is 13.2 Å². The zero-order valence-electron chi connectivity index (χ0n) is 13.6. The first-order chi connectivity index (χ1) is 11.0. The maximum absolute atomic E-state index is 12.3. The minimum absolute atomic E-state index is 0.0789. The van der Waals surface area contributed by atoms with E-state index in [9.17, 15) is 15.0 Å². The minimum Gasteiger partial charge on any atom is -0.388 e. The number of carbonyl (C=O) groups excluding carboxylic acids is 1. The highest BCUT2D eigenvalue weighted by atomic mass is 16.5. The Balaban J connectivity index is 1.79. The summed E-state index contributed by atoms with van der Waals surface area (Å²) in [6.45, 7) is 1.67. The van der Waals surface area contributed by atoms with Gasteiger partial charge >= 0.3 is 0 Å². The Morgan fingerprint density at radius 2 is 2.17 bits per heavy atom. The molecule has 1 aromatic rings. The second-order valence-electron chi connectivity index (χ2n) is 6.02. The molecule has 0 radical (unpaired) electrons. The van der Waals surface area contributed by atoms with Crippen LogP contribution < -0.4 is 0 Å². The number of aliphatic hydroxyl groups excluding tert-OH is 2. The van der Waals surface area contributed by atoms with Crippen molar-refractivity contribution < 1.29 is 19.7 Å². The monoisotopic (exact) mass is 323 g/mol. The molecular weight excluding hydrogens is 298 g/mol. The van der Waals surface area contributed by atoms with Gasteiger partial charge in [-0.05, 0) is 18.7 Å². The summed E-state index contributed by atoms with van der Waals surface area (Å²) < 4.78 is 5.22. The molecular formula is C16H25N3O4. The largest absolute Gasteiger partial charge is 0.388 e. The number of carbonyl (C=O) groups is 1. The molecule has 3 atom stereocenters. The lowest BCUT2D eigenvalue weighted by Crippen LogP contribution is -2.56. The molecule has 2 heterocycles. The van der Waals surface area contributed by atoms with Crippen LogP contribution in [0.5, 0.6) is 0 Å². The van der Waals surface area contributed by atoms with Gasteiger partial charge in [0.15, 0.2) is 0 Å². The number of likely N-dealkylation sites (N-methyl/N-ethyl adjacent to an activating group) is 1. The summed E-state index contributed by atoms with van der Waals surface area (Å²) in [6.07, 6.45) is 1.96. The van der Waals surface area contributed by atoms with E-state index >= 15 is 0 Å². The van der Waals surface area contributed by atoms with Gasteiger partial charge in [-0.15, -0.1) is 0 Å². The molecule has 1 aliphatic heterocycles. The molecule has 0 unspecified atom stereocenters. The zero-order valence-corrected chi connectivity index (χ0v) is 13.6. The molecule has 0 saturated carbocycles. The van der Waals surface area contributed by atoms with Crippen LogP contribution in [0.3, 0.4) is 0 Å². The number of aliphatic hydroxyl groups is 2. The average molecular weight is 323 g/mol. The van der Waals surface area contributed by atoms with Crippen LogP contribution in [0, 0.1) is 0 Å². The fourth-order valence-electron chi connectivity index (χ4n) is 2.63. The van der Waals surface area contributed by atoms with Crippen LogP contribution in [0.25, 0.3) is 0 Å². The molecule has 1 aromatic heterocycles. The van der Waals surface area contributed by atoms with E-state index < -0.39 is 18.2 Å². The number of pyridine rings is 1. The Hall–Kier alpha value is -1.54. The van der Waals surface area contributed by atoms with Crippen molar-refractivity contribution in [3.05, 3.63) is 30.1 Å². The maximum atomic E-state index is 12.3. The standard InChI is InChI=1S/C16H25N3O4/c1-18(9-12-4-3-6-17-8-12)7-5-15(21)19(2)13-10-23-11-14(20)16(13)22/h3-4,6,8,13-14,16,20,22H,5,7,9-11H2,1-2H3/t13-,14-,16+/m1/s1. The number of amides is 1. The predicted molar refractivity (Wildman–Crippen MR) is 84.6 cm³/mol. The van der Waals surface area contributed by atoms with Gasteiger partial charge in [0.1, 0.15) is 12.2 Å². The van der Waals surface area contributed by atoms with Gasteiger partial charge in [0, 0.05) is 39.0 Å². The number of rotatable bonds is 6. The Morgan fingerprint density at radius 1 is 1.39 bits per heavy atom. The fraction of sp³-hybridized carbons (Fsp3) is 0.625. The van der Waals surface area contributed by atoms with E-state index in [2.05, 4.69) is 4.98 Å². The van der Waals surface area contributed by atoms with E-state index in [0.29, 0.717) is 13.0 Å². The van der Waals surface area contributed by atoms with Crippen LogP contribution in [-0.2, 0) is 16.1 Å². The van der Waals surface area contributed by atoms with E-state index in [1.165, 1.54) is 4.90 Å². The highest BCUT2D eigenvalue weighted by Crippen LogP contribution is 2.15. The molecule has 2 rings (SSSR count). The van der Waals surface area contributed by atoms with Crippen molar-refractivity contribution >= 4 is 5.91 Å². The molecule has 7 nitrogen and oxygen atoms in total. The van der Waals surface area contributed by atoms with Crippen molar-refractivity contribution in [3.63, 3.8) is 0 Å². The smallest absolute Gasteiger partial charge is 0.224 e. The van der Waals surface area contributed by atoms with Crippen LogP contribution in [-0.4, -0.2) is 83.0 Å². The van der Waals surface area contributed by atoms with Crippen molar-refractivity contribution in [3.8, 4) is 0 Å². The second kappa shape index (κ2) is 8.35. The van der Waals surface area contributed by atoms with Crippen LogP contribution in [0.2, 0.25) is 0 Å². The molecule has 1 saturated heterocycles. The maximum Gasteiger partial charge on any atom is 0.224 e. The van der Waals surface area contributed by atoms with Gasteiger partial charge in [0.05, 0.1) is 19.3 Å². The Kier molecular flexibility index (Phi) is 6.47. The summed E-state index contributed by atoms with van der Waals surface area (Å²) in [5, 5.41) is 19.6. The van der Waals surface area contributed by atoms with Gasteiger partial charge in [-0.25, -0.2) is 0 Å². The summed E-state index contributed by atoms with van der Waals surface area (Å²) in [7, 11) is 3.58. The first kappa shape index (κ1) is 17.8. The molecule has 0 aliphatic carbocycles. The summed E-state index contributed by atoms with van der Waals surface area (Å²) >= 11 is 0. The van der Waals surface area contributed by atoms with Crippen molar-refractivity contribution in [1.82, 2.24) is 14.8 Å². The molecule has 2 N–H and O–H groups in total. The molecule has 7 heteroatoms. The first-order valence-electron chi connectivity index (χ1n) is 7.76. The van der Waals surface area contributed by atoms with E-state index in [4.69, 9.17) is 4.74 Å². The molecule has 23 heavy (non-hydrogen) atoms. The summed E-state index contributed by atoms with van der Waals surface area (Å²) in [5.41, 5.74) is 1.09. The van der Waals surface area contributed by atoms with Gasteiger partial charge < -0.3 is 24.7 Å². The number of nitrogens with zero attached hydrogens (tertiary/aromatic N) is 3. The second-order valence-corrected chi connectivity index (χ2v) is 6.02. The lowest BCUT2D eigenvalue weighted by Gasteiger charge is -2.37. The van der Waals surface area contributed by atoms with Gasteiger partial charge in [0.2, 0.25) is 5.91 Å². The third kappa shape index (κ3) is 4.97. The van der Waals surface area contributed by atoms with Gasteiger partial charge in [-0.1, -0.05) is 6.07 Å². The number of ether oxygens (including phenoxy) is 1. The van der Waals surface area contributed by atoms with Crippen LogP contribution >= 0.6 is 0 Å². The lowest BCUT2D eigenvalue weighted by atomic mass is 10.0. The van der Waals surface area contributed by atoms with Crippen molar-refractivity contribution in [2.24, 2.45) is 0 Å². The topological polar surface area (TPSA) is 86.1 Å². The van der Waals surface area contributed by atoms with Crippen molar-refractivity contribution in [2.45, 2.75) is 31.2 Å². The predicted octanol–water partition coefficient (Wildman–Crippen LogP) is -0.517. The molecule has 1 aliphatic rings. The number of hydrogen-bond donors (Lipinski definition) is 2. The number of hydrogen-bond acceptors (Lipinski definition) is 6. The van der Waals surface area contributed by atoms with Crippen molar-refractivity contribution in [2.75, 3.05) is 33.9 Å². The van der Waals surface area contributed by atoms with Gasteiger partial charge in [0.25, 0.3) is 0 Å². The highest BCUT2D eigenvalue weighted by molar-refractivity contribution is 5.76. The van der Waals surface area contributed by atoms with Gasteiger partial charge in [-0.3, -0.25) is 9.78 Å². The SMILES string of the molecule is CN(CCC(=O)N(C)[C@@H]1COC[C@@H](O)[C@H]1O)Cc1cccnc1. The lowest BCUT2D eigenvalue weighted by molar-refractivity contribution is -0.153. The van der Waals surface area contributed by atoms with E-state index in [-0.39, 0.29) is 19.1 Å². The minimum atomic E-state index is -0.967.